The summed E-state index contributed by atoms with van der Waals surface area (Å²) in [5.41, 5.74) is 2.07. The molecule has 0 unspecified atom stereocenters. The highest BCUT2D eigenvalue weighted by Gasteiger charge is 2.16. The van der Waals surface area contributed by atoms with Gasteiger partial charge in [-0.2, -0.15) is 0 Å². The summed E-state index contributed by atoms with van der Waals surface area (Å²) in [6, 6.07) is 4.10. The summed E-state index contributed by atoms with van der Waals surface area (Å²) in [5, 5.41) is 3.51. The van der Waals surface area contributed by atoms with Crippen molar-refractivity contribution in [3.8, 4) is 0 Å². The number of aromatic nitrogens is 1. The smallest absolute Gasteiger partial charge is 0.239 e. The van der Waals surface area contributed by atoms with E-state index in [1.54, 1.807) is 0 Å². The zero-order valence-electron chi connectivity index (χ0n) is 10.7. The maximum absolute atomic E-state index is 11.9. The molecule has 1 amide bonds. The van der Waals surface area contributed by atoms with Crippen LogP contribution in [0.1, 0.15) is 25.3 Å². The van der Waals surface area contributed by atoms with Crippen molar-refractivity contribution in [2.75, 3.05) is 5.32 Å². The van der Waals surface area contributed by atoms with Crippen LogP contribution in [0.5, 0.6) is 0 Å². The molecule has 1 atom stereocenters. The number of rotatable bonds is 4. The van der Waals surface area contributed by atoms with Crippen LogP contribution in [0.25, 0.3) is 10.2 Å². The van der Waals surface area contributed by atoms with Gasteiger partial charge in [-0.25, -0.2) is 4.98 Å². The number of benzene rings is 1. The third-order valence-electron chi connectivity index (χ3n) is 2.65. The van der Waals surface area contributed by atoms with Crippen molar-refractivity contribution in [1.29, 1.82) is 0 Å². The Morgan fingerprint density at radius 3 is 2.95 bits per heavy atom. The van der Waals surface area contributed by atoms with Gasteiger partial charge in [-0.15, -0.1) is 0 Å². The molecule has 0 aliphatic rings. The van der Waals surface area contributed by atoms with E-state index in [0.717, 1.165) is 27.5 Å². The fraction of sp³-hybridized carbons (Fsp3) is 0.385. The topological polar surface area (TPSA) is 42.0 Å². The number of carbonyl (C=O) groups is 1. The highest BCUT2D eigenvalue weighted by Crippen LogP contribution is 2.32. The minimum absolute atomic E-state index is 0.0336. The summed E-state index contributed by atoms with van der Waals surface area (Å²) in [6.45, 7) is 4.09. The Morgan fingerprint density at radius 1 is 1.53 bits per heavy atom. The quantitative estimate of drug-likeness (QED) is 0.737. The van der Waals surface area contributed by atoms with Gasteiger partial charge in [0.05, 0.1) is 15.0 Å². The number of carbonyl (C=O) groups excluding carboxylic acids is 1. The molecule has 2 aromatic rings. The van der Waals surface area contributed by atoms with Crippen LogP contribution in [0.15, 0.2) is 16.6 Å². The summed E-state index contributed by atoms with van der Waals surface area (Å²) in [4.78, 5) is 16.2. The lowest BCUT2D eigenvalue weighted by molar-refractivity contribution is -0.115. The lowest BCUT2D eigenvalue weighted by atomic mass is 10.2. The minimum atomic E-state index is -0.158. The minimum Gasteiger partial charge on any atom is -0.301 e. The van der Waals surface area contributed by atoms with Gasteiger partial charge in [0.1, 0.15) is 0 Å². The van der Waals surface area contributed by atoms with Crippen molar-refractivity contribution >= 4 is 64.5 Å². The zero-order valence-corrected chi connectivity index (χ0v) is 14.7. The Morgan fingerprint density at radius 2 is 2.26 bits per heavy atom. The molecule has 0 fully saturated rings. The largest absolute Gasteiger partial charge is 0.301 e. The molecule has 1 N–H and O–H groups in total. The first-order valence-electron chi connectivity index (χ1n) is 6.03. The highest BCUT2D eigenvalue weighted by atomic mass is 79.9. The van der Waals surface area contributed by atoms with E-state index in [9.17, 15) is 4.79 Å². The van der Waals surface area contributed by atoms with E-state index >= 15 is 0 Å². The number of fused-ring (bicyclic) bond motifs is 1. The van der Waals surface area contributed by atoms with Crippen molar-refractivity contribution in [2.45, 2.75) is 31.5 Å². The Hall–Kier alpha value is -0.460. The molecule has 3 nitrogen and oxygen atoms in total. The maximum atomic E-state index is 11.9. The lowest BCUT2D eigenvalue weighted by Crippen LogP contribution is -2.22. The summed E-state index contributed by atoms with van der Waals surface area (Å²) < 4.78 is 2.03. The van der Waals surface area contributed by atoms with Gasteiger partial charge >= 0.3 is 0 Å². The summed E-state index contributed by atoms with van der Waals surface area (Å²) in [5.74, 6) is -0.0336. The molecule has 19 heavy (non-hydrogen) atoms. The van der Waals surface area contributed by atoms with Crippen LogP contribution in [-0.2, 0) is 4.79 Å². The second-order valence-corrected chi connectivity index (χ2v) is 7.35. The van der Waals surface area contributed by atoms with Gasteiger partial charge in [-0.1, -0.05) is 40.6 Å². The second kappa shape index (κ2) is 6.33. The van der Waals surface area contributed by atoms with Gasteiger partial charge in [0.2, 0.25) is 5.91 Å². The van der Waals surface area contributed by atoms with Crippen LogP contribution in [0.3, 0.4) is 0 Å². The van der Waals surface area contributed by atoms with E-state index in [0.29, 0.717) is 5.13 Å². The van der Waals surface area contributed by atoms with E-state index in [2.05, 4.69) is 55.2 Å². The molecule has 0 saturated carbocycles. The first kappa shape index (κ1) is 14.9. The van der Waals surface area contributed by atoms with Gasteiger partial charge in [0.15, 0.2) is 5.13 Å². The van der Waals surface area contributed by atoms with Crippen LogP contribution >= 0.6 is 43.2 Å². The number of amides is 1. The van der Waals surface area contributed by atoms with Gasteiger partial charge in [-0.3, -0.25) is 4.79 Å². The molecular formula is C13H14Br2N2OS. The van der Waals surface area contributed by atoms with Crippen molar-refractivity contribution < 1.29 is 4.79 Å². The normalized spacial score (nSPS) is 12.6. The van der Waals surface area contributed by atoms with E-state index in [-0.39, 0.29) is 10.7 Å². The van der Waals surface area contributed by atoms with Gasteiger partial charge in [0.25, 0.3) is 0 Å². The predicted octanol–water partition coefficient (Wildman–Crippen LogP) is 4.87. The zero-order chi connectivity index (χ0) is 14.0. The van der Waals surface area contributed by atoms with Gasteiger partial charge in [-0.05, 0) is 47.0 Å². The molecule has 1 aromatic carbocycles. The highest BCUT2D eigenvalue weighted by molar-refractivity contribution is 9.10. The summed E-state index contributed by atoms with van der Waals surface area (Å²) in [7, 11) is 0. The van der Waals surface area contributed by atoms with E-state index < -0.39 is 0 Å². The number of hydrogen-bond acceptors (Lipinski definition) is 3. The number of aryl methyl sites for hydroxylation is 1. The standard InChI is InChI=1S/C13H14Br2N2OS/c1-3-4-8(14)12(18)17-13-16-11-9(15)5-7(2)6-10(11)19-13/h5-6,8H,3-4H2,1-2H3,(H,16,17,18)/t8-/m0/s1. The van der Waals surface area contributed by atoms with E-state index in [4.69, 9.17) is 0 Å². The van der Waals surface area contributed by atoms with Gasteiger partial charge < -0.3 is 5.32 Å². The Bertz CT molecular complexity index is 612. The number of nitrogens with zero attached hydrogens (tertiary/aromatic N) is 1. The van der Waals surface area contributed by atoms with Crippen molar-refractivity contribution in [2.24, 2.45) is 0 Å². The number of alkyl halides is 1. The molecule has 2 rings (SSSR count). The second-order valence-electron chi connectivity index (χ2n) is 4.36. The first-order chi connectivity index (χ1) is 9.01. The third kappa shape index (κ3) is 3.55. The molecular weight excluding hydrogens is 392 g/mol. The number of nitrogens with one attached hydrogen (secondary N) is 1. The van der Waals surface area contributed by atoms with Crippen LogP contribution in [-0.4, -0.2) is 15.7 Å². The number of halogens is 2. The Kier molecular flexibility index (Phi) is 4.97. The maximum Gasteiger partial charge on any atom is 0.239 e. The fourth-order valence-corrected chi connectivity index (χ4v) is 4.10. The average Bonchev–Trinajstić information content (AvgIpc) is 2.72. The fourth-order valence-electron chi connectivity index (χ4n) is 1.74. The Balaban J connectivity index is 2.22. The summed E-state index contributed by atoms with van der Waals surface area (Å²) in [6.07, 6.45) is 1.79. The molecule has 1 aromatic heterocycles. The predicted molar refractivity (Wildman–Crippen MR) is 88.3 cm³/mol. The van der Waals surface area contributed by atoms with Crippen LogP contribution in [0.2, 0.25) is 0 Å². The number of anilines is 1. The van der Waals surface area contributed by atoms with Crippen molar-refractivity contribution in [1.82, 2.24) is 4.98 Å². The van der Waals surface area contributed by atoms with Crippen molar-refractivity contribution in [3.63, 3.8) is 0 Å². The first-order valence-corrected chi connectivity index (χ1v) is 8.55. The van der Waals surface area contributed by atoms with E-state index in [1.165, 1.54) is 16.9 Å². The summed E-state index contributed by atoms with van der Waals surface area (Å²) >= 11 is 8.39. The molecule has 6 heteroatoms. The average molecular weight is 406 g/mol. The molecule has 102 valence electrons. The van der Waals surface area contributed by atoms with Crippen molar-refractivity contribution in [3.05, 3.63) is 22.2 Å². The lowest BCUT2D eigenvalue weighted by Gasteiger charge is -2.06. The van der Waals surface area contributed by atoms with Crippen LogP contribution in [0.4, 0.5) is 5.13 Å². The van der Waals surface area contributed by atoms with Gasteiger partial charge in [0, 0.05) is 4.47 Å². The third-order valence-corrected chi connectivity index (χ3v) is 5.05. The molecule has 0 aliphatic carbocycles. The molecule has 0 saturated heterocycles. The van der Waals surface area contributed by atoms with E-state index in [1.807, 2.05) is 13.0 Å². The monoisotopic (exact) mass is 404 g/mol. The molecule has 0 bridgehead atoms. The molecule has 0 radical (unpaired) electrons. The SMILES string of the molecule is CCC[C@H](Br)C(=O)Nc1nc2c(Br)cc(C)cc2s1. The molecule has 1 heterocycles. The molecule has 0 aliphatic heterocycles. The Labute approximate surface area is 133 Å². The number of hydrogen-bond donors (Lipinski definition) is 1. The number of thiazole rings is 1. The van der Waals surface area contributed by atoms with Crippen LogP contribution in [0, 0.1) is 6.92 Å². The molecule has 0 spiro atoms. The van der Waals surface area contributed by atoms with Crippen LogP contribution < -0.4 is 5.32 Å².